The van der Waals surface area contributed by atoms with E-state index in [1.165, 1.54) is 66.0 Å². The Morgan fingerprint density at radius 3 is 1.76 bits per heavy atom. The topological polar surface area (TPSA) is 31.0 Å². The second-order valence-electron chi connectivity index (χ2n) is 16.3. The highest BCUT2D eigenvalue weighted by molar-refractivity contribution is 6.22. The number of nitrogens with zero attached hydrogens (tertiary/aromatic N) is 2. The predicted octanol–water partition coefficient (Wildman–Crippen LogP) is 15.6. The summed E-state index contributed by atoms with van der Waals surface area (Å²) in [6.45, 7) is 9.25. The lowest BCUT2D eigenvalue weighted by Crippen LogP contribution is -2.09. The van der Waals surface area contributed by atoms with E-state index >= 15 is 0 Å². The Morgan fingerprint density at radius 2 is 1.02 bits per heavy atom. The third-order valence-corrected chi connectivity index (χ3v) is 12.1. The Morgan fingerprint density at radius 1 is 0.431 bits per heavy atom. The minimum absolute atomic E-state index is 0.253. The minimum atomic E-state index is 0.253. The van der Waals surface area contributed by atoms with Gasteiger partial charge in [0.15, 0.2) is 0 Å². The Labute approximate surface area is 337 Å². The number of hydrogen-bond donors (Lipinski definition) is 0. The van der Waals surface area contributed by atoms with Gasteiger partial charge in [0.25, 0.3) is 0 Å². The van der Waals surface area contributed by atoms with Crippen molar-refractivity contribution in [3.8, 4) is 39.3 Å². The van der Waals surface area contributed by atoms with Crippen LogP contribution in [0, 0.1) is 0 Å². The molecule has 0 saturated heterocycles. The van der Waals surface area contributed by atoms with Crippen LogP contribution in [0.1, 0.15) is 50.7 Å². The SMILES string of the molecule is CC(C)c1cc(-c2ccccc2)cc(C(C)C)c1-n1c(-c2cccc3c2oc2c3ccc3c4ccc(-c5ccccc5)cc4ccc32)nc2ccc3ccccc3c21. The monoisotopic (exact) mass is 746 g/mol. The number of imidazole rings is 1. The van der Waals surface area contributed by atoms with Crippen molar-refractivity contribution in [1.82, 2.24) is 9.55 Å². The Hall–Kier alpha value is -6.97. The molecule has 3 heteroatoms. The summed E-state index contributed by atoms with van der Waals surface area (Å²) in [6.07, 6.45) is 0. The van der Waals surface area contributed by atoms with Gasteiger partial charge in [-0.2, -0.15) is 0 Å². The van der Waals surface area contributed by atoms with E-state index in [0.29, 0.717) is 0 Å². The number of rotatable bonds is 6. The van der Waals surface area contributed by atoms with Crippen LogP contribution in [0.2, 0.25) is 0 Å². The van der Waals surface area contributed by atoms with Gasteiger partial charge in [-0.05, 0) is 109 Å². The van der Waals surface area contributed by atoms with Crippen molar-refractivity contribution in [2.24, 2.45) is 0 Å². The molecule has 0 saturated carbocycles. The molecular weight excluding hydrogens is 705 g/mol. The molecule has 0 N–H and O–H groups in total. The van der Waals surface area contributed by atoms with E-state index in [1.807, 2.05) is 0 Å². The predicted molar refractivity (Wildman–Crippen MR) is 245 cm³/mol. The zero-order valence-corrected chi connectivity index (χ0v) is 33.1. The molecule has 0 atom stereocenters. The third kappa shape index (κ3) is 5.30. The Kier molecular flexibility index (Phi) is 7.87. The highest BCUT2D eigenvalue weighted by atomic mass is 16.3. The molecule has 3 nitrogen and oxygen atoms in total. The molecule has 0 bridgehead atoms. The molecule has 0 aliphatic rings. The number of aromatic nitrogens is 2. The van der Waals surface area contributed by atoms with Gasteiger partial charge >= 0.3 is 0 Å². The quantitative estimate of drug-likeness (QED) is 0.159. The zero-order chi connectivity index (χ0) is 39.1. The molecule has 9 aromatic carbocycles. The summed E-state index contributed by atoms with van der Waals surface area (Å²) in [4.78, 5) is 5.55. The fourth-order valence-corrected chi connectivity index (χ4v) is 9.24. The fourth-order valence-electron chi connectivity index (χ4n) is 9.24. The molecule has 0 radical (unpaired) electrons. The minimum Gasteiger partial charge on any atom is -0.455 e. The standard InChI is InChI=1S/C55H42N2O/c1-33(2)48-31-40(36-16-9-6-10-17-36)32-49(34(3)4)51(48)57-52-42-19-12-11-18-37(42)24-29-50(52)56-55(57)47-21-13-20-44-46-28-27-43-41-25-22-38(35-14-7-5-8-15-35)30-39(41)23-26-45(43)53(46)58-54(44)47/h5-34H,1-4H3. The molecule has 2 heterocycles. The lowest BCUT2D eigenvalue weighted by molar-refractivity contribution is 0.673. The Balaban J connectivity index is 1.20. The smallest absolute Gasteiger partial charge is 0.149 e. The van der Waals surface area contributed by atoms with Gasteiger partial charge in [0.2, 0.25) is 0 Å². The first-order chi connectivity index (χ1) is 28.4. The molecule has 0 aliphatic carbocycles. The molecule has 0 amide bonds. The second-order valence-corrected chi connectivity index (χ2v) is 16.3. The van der Waals surface area contributed by atoms with Crippen molar-refractivity contribution < 1.29 is 4.42 Å². The molecular formula is C55H42N2O. The summed E-state index contributed by atoms with van der Waals surface area (Å²) in [5, 5.41) is 9.30. The van der Waals surface area contributed by atoms with Gasteiger partial charge in [0.05, 0.1) is 22.3 Å². The van der Waals surface area contributed by atoms with Crippen molar-refractivity contribution in [3.63, 3.8) is 0 Å². The van der Waals surface area contributed by atoms with Gasteiger partial charge in [0.1, 0.15) is 17.0 Å². The van der Waals surface area contributed by atoms with Gasteiger partial charge in [-0.3, -0.25) is 4.57 Å². The van der Waals surface area contributed by atoms with Crippen molar-refractivity contribution in [2.45, 2.75) is 39.5 Å². The van der Waals surface area contributed by atoms with Crippen LogP contribution < -0.4 is 0 Å². The van der Waals surface area contributed by atoms with Crippen LogP contribution in [0.3, 0.4) is 0 Å². The maximum atomic E-state index is 7.15. The van der Waals surface area contributed by atoms with E-state index in [0.717, 1.165) is 49.7 Å². The summed E-state index contributed by atoms with van der Waals surface area (Å²) >= 11 is 0. The average Bonchev–Trinajstić information content (AvgIpc) is 3.85. The molecule has 0 spiro atoms. The van der Waals surface area contributed by atoms with E-state index < -0.39 is 0 Å². The number of fused-ring (bicyclic) bond motifs is 10. The summed E-state index contributed by atoms with van der Waals surface area (Å²) in [5.41, 5.74) is 13.5. The van der Waals surface area contributed by atoms with Crippen LogP contribution >= 0.6 is 0 Å². The zero-order valence-electron chi connectivity index (χ0n) is 33.1. The molecule has 11 aromatic rings. The van der Waals surface area contributed by atoms with E-state index in [4.69, 9.17) is 9.40 Å². The lowest BCUT2D eigenvalue weighted by Gasteiger charge is -2.24. The Bertz CT molecular complexity index is 3360. The number of furan rings is 1. The lowest BCUT2D eigenvalue weighted by atomic mass is 9.88. The van der Waals surface area contributed by atoms with Crippen molar-refractivity contribution in [3.05, 3.63) is 181 Å². The summed E-state index contributed by atoms with van der Waals surface area (Å²) in [6, 6.07) is 61.6. The van der Waals surface area contributed by atoms with Crippen LogP contribution in [-0.2, 0) is 0 Å². The van der Waals surface area contributed by atoms with E-state index in [1.54, 1.807) is 0 Å². The highest BCUT2D eigenvalue weighted by Crippen LogP contribution is 2.45. The largest absolute Gasteiger partial charge is 0.455 e. The summed E-state index contributed by atoms with van der Waals surface area (Å²) in [5.74, 6) is 1.39. The van der Waals surface area contributed by atoms with Crippen LogP contribution in [0.4, 0.5) is 0 Å². The molecule has 0 fully saturated rings. The van der Waals surface area contributed by atoms with Crippen molar-refractivity contribution in [1.29, 1.82) is 0 Å². The van der Waals surface area contributed by atoms with E-state index in [9.17, 15) is 0 Å². The molecule has 0 unspecified atom stereocenters. The van der Waals surface area contributed by atoms with E-state index in [2.05, 4.69) is 202 Å². The second kappa shape index (κ2) is 13.3. The molecule has 11 rings (SSSR count). The molecule has 2 aromatic heterocycles. The van der Waals surface area contributed by atoms with Crippen LogP contribution in [0.5, 0.6) is 0 Å². The average molecular weight is 747 g/mol. The summed E-state index contributed by atoms with van der Waals surface area (Å²) < 4.78 is 9.61. The highest BCUT2D eigenvalue weighted by Gasteiger charge is 2.27. The van der Waals surface area contributed by atoms with Gasteiger partial charge in [-0.15, -0.1) is 0 Å². The van der Waals surface area contributed by atoms with E-state index in [-0.39, 0.29) is 11.8 Å². The fraction of sp³-hybridized carbons (Fsp3) is 0.109. The first kappa shape index (κ1) is 34.3. The normalized spacial score (nSPS) is 12.1. The maximum Gasteiger partial charge on any atom is 0.149 e. The first-order valence-corrected chi connectivity index (χ1v) is 20.4. The van der Waals surface area contributed by atoms with Crippen molar-refractivity contribution >= 4 is 65.3 Å². The van der Waals surface area contributed by atoms with Gasteiger partial charge in [0, 0.05) is 21.5 Å². The number of para-hydroxylation sites is 1. The molecule has 278 valence electrons. The summed E-state index contributed by atoms with van der Waals surface area (Å²) in [7, 11) is 0. The van der Waals surface area contributed by atoms with Crippen LogP contribution in [-0.4, -0.2) is 9.55 Å². The van der Waals surface area contributed by atoms with Crippen molar-refractivity contribution in [2.75, 3.05) is 0 Å². The third-order valence-electron chi connectivity index (χ3n) is 12.1. The maximum absolute atomic E-state index is 7.15. The van der Waals surface area contributed by atoms with Gasteiger partial charge < -0.3 is 4.42 Å². The number of hydrogen-bond acceptors (Lipinski definition) is 2. The van der Waals surface area contributed by atoms with Crippen LogP contribution in [0.15, 0.2) is 174 Å². The molecule has 0 aliphatic heterocycles. The van der Waals surface area contributed by atoms with Gasteiger partial charge in [-0.1, -0.05) is 155 Å². The number of benzene rings is 9. The van der Waals surface area contributed by atoms with Gasteiger partial charge in [-0.25, -0.2) is 4.98 Å². The molecule has 58 heavy (non-hydrogen) atoms. The first-order valence-electron chi connectivity index (χ1n) is 20.4. The van der Waals surface area contributed by atoms with Crippen LogP contribution in [0.25, 0.3) is 105 Å².